The first-order valence-electron chi connectivity index (χ1n) is 5.71. The van der Waals surface area contributed by atoms with Crippen molar-refractivity contribution in [1.82, 2.24) is 20.2 Å². The van der Waals surface area contributed by atoms with Crippen molar-refractivity contribution in [2.45, 2.75) is 0 Å². The number of hydrogen-bond donors (Lipinski definition) is 0. The Labute approximate surface area is 128 Å². The van der Waals surface area contributed by atoms with Crippen molar-refractivity contribution in [3.63, 3.8) is 0 Å². The number of nitrogens with zero attached hydrogens (tertiary/aromatic N) is 4. The van der Waals surface area contributed by atoms with E-state index in [2.05, 4.69) is 31.5 Å². The molecule has 0 N–H and O–H groups in total. The molecule has 0 saturated carbocycles. The van der Waals surface area contributed by atoms with Crippen molar-refractivity contribution < 1.29 is 4.74 Å². The van der Waals surface area contributed by atoms with Crippen LogP contribution in [0.1, 0.15) is 0 Å². The second-order valence-electron chi connectivity index (χ2n) is 3.89. The molecular formula is C13H8BrClN4O. The summed E-state index contributed by atoms with van der Waals surface area (Å²) in [5, 5.41) is 11.9. The summed E-state index contributed by atoms with van der Waals surface area (Å²) in [7, 11) is 0. The van der Waals surface area contributed by atoms with Crippen LogP contribution in [0.5, 0.6) is 11.8 Å². The normalized spacial score (nSPS) is 10.5. The summed E-state index contributed by atoms with van der Waals surface area (Å²) < 4.78 is 8.03. The van der Waals surface area contributed by atoms with Crippen LogP contribution in [0, 0.1) is 0 Å². The van der Waals surface area contributed by atoms with E-state index < -0.39 is 0 Å². The molecule has 3 aromatic rings. The zero-order chi connectivity index (χ0) is 13.9. The first-order valence-corrected chi connectivity index (χ1v) is 6.88. The molecule has 0 aliphatic rings. The topological polar surface area (TPSA) is 52.8 Å². The molecule has 2 aromatic carbocycles. The maximum atomic E-state index is 6.11. The third-order valence-corrected chi connectivity index (χ3v) is 3.33. The molecule has 5 nitrogen and oxygen atoms in total. The van der Waals surface area contributed by atoms with Gasteiger partial charge in [-0.05, 0) is 40.8 Å². The zero-order valence-corrected chi connectivity index (χ0v) is 12.4. The minimum Gasteiger partial charge on any atom is -0.422 e. The summed E-state index contributed by atoms with van der Waals surface area (Å²) in [4.78, 5) is 0. The van der Waals surface area contributed by atoms with Crippen molar-refractivity contribution in [1.29, 1.82) is 0 Å². The van der Waals surface area contributed by atoms with Crippen LogP contribution >= 0.6 is 27.5 Å². The summed E-state index contributed by atoms with van der Waals surface area (Å²) in [6.45, 7) is 0. The summed E-state index contributed by atoms with van der Waals surface area (Å²) in [5.74, 6) is 0.488. The van der Waals surface area contributed by atoms with Gasteiger partial charge in [0, 0.05) is 4.47 Å². The molecule has 0 radical (unpaired) electrons. The molecular weight excluding hydrogens is 344 g/mol. The summed E-state index contributed by atoms with van der Waals surface area (Å²) in [5.41, 5.74) is 0.806. The molecule has 0 aliphatic heterocycles. The van der Waals surface area contributed by atoms with Gasteiger partial charge < -0.3 is 4.74 Å². The van der Waals surface area contributed by atoms with Gasteiger partial charge in [-0.1, -0.05) is 50.8 Å². The monoisotopic (exact) mass is 350 g/mol. The van der Waals surface area contributed by atoms with Crippen LogP contribution in [0.4, 0.5) is 0 Å². The first-order chi connectivity index (χ1) is 9.74. The van der Waals surface area contributed by atoms with Gasteiger partial charge in [-0.3, -0.25) is 0 Å². The summed E-state index contributed by atoms with van der Waals surface area (Å²) in [6.07, 6.45) is 0. The second kappa shape index (κ2) is 5.60. The number of rotatable bonds is 3. The Morgan fingerprint density at radius 1 is 1.10 bits per heavy atom. The highest BCUT2D eigenvalue weighted by molar-refractivity contribution is 9.10. The summed E-state index contributed by atoms with van der Waals surface area (Å²) >= 11 is 9.45. The van der Waals surface area contributed by atoms with Crippen LogP contribution in [0.3, 0.4) is 0 Å². The van der Waals surface area contributed by atoms with Gasteiger partial charge in [0.05, 0.1) is 10.7 Å². The predicted octanol–water partition coefficient (Wildman–Crippen LogP) is 3.87. The highest BCUT2D eigenvalue weighted by Crippen LogP contribution is 2.31. The standard InChI is InChI=1S/C13H8BrClN4O/c14-9-6-7-12(11(15)8-9)20-13-16-17-18-19(13)10-4-2-1-3-5-10/h1-8H. The van der Waals surface area contributed by atoms with Crippen LogP contribution in [0.25, 0.3) is 5.69 Å². The first kappa shape index (κ1) is 13.1. The molecule has 0 aliphatic carbocycles. The lowest BCUT2D eigenvalue weighted by Crippen LogP contribution is -2.00. The van der Waals surface area contributed by atoms with Gasteiger partial charge in [0.2, 0.25) is 0 Å². The molecule has 20 heavy (non-hydrogen) atoms. The highest BCUT2D eigenvalue weighted by atomic mass is 79.9. The van der Waals surface area contributed by atoms with Crippen molar-refractivity contribution in [2.24, 2.45) is 0 Å². The minimum absolute atomic E-state index is 0.250. The average molecular weight is 352 g/mol. The number of aromatic nitrogens is 4. The van der Waals surface area contributed by atoms with Crippen molar-refractivity contribution in [3.05, 3.63) is 58.0 Å². The molecule has 1 heterocycles. The van der Waals surface area contributed by atoms with Crippen LogP contribution in [0.2, 0.25) is 5.02 Å². The number of halogens is 2. The zero-order valence-electron chi connectivity index (χ0n) is 10.1. The maximum Gasteiger partial charge on any atom is 0.345 e. The number of hydrogen-bond acceptors (Lipinski definition) is 4. The molecule has 0 spiro atoms. The molecule has 100 valence electrons. The van der Waals surface area contributed by atoms with Crippen LogP contribution in [0.15, 0.2) is 53.0 Å². The fourth-order valence-electron chi connectivity index (χ4n) is 1.63. The minimum atomic E-state index is 0.250. The van der Waals surface area contributed by atoms with E-state index in [1.54, 1.807) is 12.1 Å². The van der Waals surface area contributed by atoms with E-state index in [9.17, 15) is 0 Å². The number of para-hydroxylation sites is 1. The highest BCUT2D eigenvalue weighted by Gasteiger charge is 2.12. The lowest BCUT2D eigenvalue weighted by Gasteiger charge is -2.07. The van der Waals surface area contributed by atoms with E-state index in [-0.39, 0.29) is 6.01 Å². The van der Waals surface area contributed by atoms with Gasteiger partial charge in [0.1, 0.15) is 5.75 Å². The quantitative estimate of drug-likeness (QED) is 0.719. The molecule has 3 rings (SSSR count). The predicted molar refractivity (Wildman–Crippen MR) is 78.4 cm³/mol. The van der Waals surface area contributed by atoms with E-state index in [1.165, 1.54) is 4.68 Å². The Morgan fingerprint density at radius 3 is 2.65 bits per heavy atom. The SMILES string of the molecule is Clc1cc(Br)ccc1Oc1nnnn1-c1ccccc1. The molecule has 0 amide bonds. The van der Waals surface area contributed by atoms with Crippen LogP contribution in [-0.2, 0) is 0 Å². The lowest BCUT2D eigenvalue weighted by atomic mass is 10.3. The van der Waals surface area contributed by atoms with Gasteiger partial charge in [-0.2, -0.15) is 4.68 Å². The van der Waals surface area contributed by atoms with Crippen LogP contribution < -0.4 is 4.74 Å². The molecule has 0 unspecified atom stereocenters. The molecule has 0 atom stereocenters. The van der Waals surface area contributed by atoms with Gasteiger partial charge in [0.15, 0.2) is 0 Å². The second-order valence-corrected chi connectivity index (χ2v) is 5.21. The number of ether oxygens (including phenoxy) is 1. The number of tetrazole rings is 1. The lowest BCUT2D eigenvalue weighted by molar-refractivity contribution is 0.427. The molecule has 0 fully saturated rings. The number of benzene rings is 2. The van der Waals surface area contributed by atoms with E-state index >= 15 is 0 Å². The smallest absolute Gasteiger partial charge is 0.345 e. The van der Waals surface area contributed by atoms with Crippen molar-refractivity contribution in [3.8, 4) is 17.4 Å². The fourth-order valence-corrected chi connectivity index (χ4v) is 2.34. The van der Waals surface area contributed by atoms with Gasteiger partial charge >= 0.3 is 6.01 Å². The Hall–Kier alpha value is -1.92. The third kappa shape index (κ3) is 2.66. The Bertz CT molecular complexity index is 732. The van der Waals surface area contributed by atoms with Crippen LogP contribution in [-0.4, -0.2) is 20.2 Å². The van der Waals surface area contributed by atoms with Gasteiger partial charge in [-0.25, -0.2) is 0 Å². The van der Waals surface area contributed by atoms with Crippen molar-refractivity contribution >= 4 is 27.5 Å². The molecule has 0 bridgehead atoms. The molecule has 1 aromatic heterocycles. The largest absolute Gasteiger partial charge is 0.422 e. The molecule has 0 saturated heterocycles. The Kier molecular flexibility index (Phi) is 3.66. The van der Waals surface area contributed by atoms with Gasteiger partial charge in [-0.15, -0.1) is 0 Å². The van der Waals surface area contributed by atoms with E-state index in [1.807, 2.05) is 36.4 Å². The van der Waals surface area contributed by atoms with E-state index in [4.69, 9.17) is 16.3 Å². The fraction of sp³-hybridized carbons (Fsp3) is 0. The molecule has 7 heteroatoms. The summed E-state index contributed by atoms with van der Waals surface area (Å²) in [6, 6.07) is 15.0. The Balaban J connectivity index is 1.95. The third-order valence-electron chi connectivity index (χ3n) is 2.54. The Morgan fingerprint density at radius 2 is 1.90 bits per heavy atom. The van der Waals surface area contributed by atoms with Crippen molar-refractivity contribution in [2.75, 3.05) is 0 Å². The van der Waals surface area contributed by atoms with E-state index in [0.717, 1.165) is 10.2 Å². The average Bonchev–Trinajstić information content (AvgIpc) is 2.91. The van der Waals surface area contributed by atoms with E-state index in [0.29, 0.717) is 10.8 Å². The van der Waals surface area contributed by atoms with Gasteiger partial charge in [0.25, 0.3) is 0 Å². The maximum absolute atomic E-state index is 6.11.